The Labute approximate surface area is 175 Å². The van der Waals surface area contributed by atoms with Crippen LogP contribution in [0.5, 0.6) is 0 Å². The number of carbonyl (C=O) groups excluding carboxylic acids is 2. The summed E-state index contributed by atoms with van der Waals surface area (Å²) in [5.74, 6) is 0.120. The Balaban J connectivity index is 1.29. The molecule has 2 aliphatic rings. The molecule has 2 aromatic rings. The second-order valence-corrected chi connectivity index (χ2v) is 8.64. The van der Waals surface area contributed by atoms with Crippen molar-refractivity contribution >= 4 is 28.3 Å². The van der Waals surface area contributed by atoms with Crippen LogP contribution in [0.2, 0.25) is 0 Å². The topological polar surface area (TPSA) is 65.5 Å². The minimum atomic E-state index is -0.00884. The standard InChI is InChI=1S/C22H28N4O2S/c1-2-19(25-11-9-16-6-3-4-7-17(16)14-25)13-23-20(27)12-18-15-29-22(24-18)26-10-5-8-21(26)28/h3-4,6-7,15,19H,2,5,8-14H2,1H3,(H,23,27). The van der Waals surface area contributed by atoms with Crippen LogP contribution in [-0.4, -0.2) is 47.4 Å². The second-order valence-electron chi connectivity index (χ2n) is 7.80. The van der Waals surface area contributed by atoms with Crippen molar-refractivity contribution in [2.24, 2.45) is 0 Å². The van der Waals surface area contributed by atoms with Gasteiger partial charge in [-0.3, -0.25) is 19.4 Å². The zero-order valence-electron chi connectivity index (χ0n) is 16.9. The first-order valence-corrected chi connectivity index (χ1v) is 11.3. The molecule has 4 rings (SSSR count). The lowest BCUT2D eigenvalue weighted by Crippen LogP contribution is -2.46. The number of fused-ring (bicyclic) bond motifs is 1. The summed E-state index contributed by atoms with van der Waals surface area (Å²) < 4.78 is 0. The number of nitrogens with zero attached hydrogens (tertiary/aromatic N) is 3. The number of hydrogen-bond acceptors (Lipinski definition) is 5. The summed E-state index contributed by atoms with van der Waals surface area (Å²) in [4.78, 5) is 33.0. The molecule has 2 amide bonds. The van der Waals surface area contributed by atoms with Crippen LogP contribution in [0.25, 0.3) is 0 Å². The summed E-state index contributed by atoms with van der Waals surface area (Å²) in [5, 5.41) is 5.70. The molecule has 29 heavy (non-hydrogen) atoms. The van der Waals surface area contributed by atoms with Crippen molar-refractivity contribution in [3.05, 3.63) is 46.5 Å². The van der Waals surface area contributed by atoms with Crippen molar-refractivity contribution in [1.29, 1.82) is 0 Å². The molecule has 3 heterocycles. The Morgan fingerprint density at radius 1 is 1.24 bits per heavy atom. The number of thiazole rings is 1. The summed E-state index contributed by atoms with van der Waals surface area (Å²) in [6.07, 6.45) is 3.80. The lowest BCUT2D eigenvalue weighted by atomic mass is 9.98. The van der Waals surface area contributed by atoms with Gasteiger partial charge in [-0.25, -0.2) is 4.98 Å². The highest BCUT2D eigenvalue weighted by Crippen LogP contribution is 2.25. The summed E-state index contributed by atoms with van der Waals surface area (Å²) in [7, 11) is 0. The van der Waals surface area contributed by atoms with Crippen molar-refractivity contribution in [3.63, 3.8) is 0 Å². The zero-order chi connectivity index (χ0) is 20.2. The molecule has 1 N–H and O–H groups in total. The van der Waals surface area contributed by atoms with E-state index in [2.05, 4.69) is 46.4 Å². The van der Waals surface area contributed by atoms with Gasteiger partial charge in [-0.15, -0.1) is 11.3 Å². The Bertz CT molecular complexity index is 881. The third-order valence-electron chi connectivity index (χ3n) is 5.87. The van der Waals surface area contributed by atoms with Crippen LogP contribution in [-0.2, 0) is 29.0 Å². The lowest BCUT2D eigenvalue weighted by molar-refractivity contribution is -0.120. The Morgan fingerprint density at radius 3 is 2.83 bits per heavy atom. The molecule has 2 aliphatic heterocycles. The number of nitrogens with one attached hydrogen (secondary N) is 1. The zero-order valence-corrected chi connectivity index (χ0v) is 17.7. The van der Waals surface area contributed by atoms with E-state index < -0.39 is 0 Å². The van der Waals surface area contributed by atoms with Gasteiger partial charge < -0.3 is 5.32 Å². The molecule has 7 heteroatoms. The van der Waals surface area contributed by atoms with Gasteiger partial charge >= 0.3 is 0 Å². The number of amides is 2. The average Bonchev–Trinajstić information content (AvgIpc) is 3.37. The molecule has 0 bridgehead atoms. The van der Waals surface area contributed by atoms with Crippen LogP contribution in [0.1, 0.15) is 43.0 Å². The molecule has 0 aliphatic carbocycles. The van der Waals surface area contributed by atoms with E-state index in [1.165, 1.54) is 22.5 Å². The second kappa shape index (κ2) is 9.05. The Kier molecular flexibility index (Phi) is 6.25. The lowest BCUT2D eigenvalue weighted by Gasteiger charge is -2.35. The van der Waals surface area contributed by atoms with E-state index in [1.54, 1.807) is 4.90 Å². The Hall–Kier alpha value is -2.25. The van der Waals surface area contributed by atoms with Gasteiger partial charge in [-0.2, -0.15) is 0 Å². The first-order valence-electron chi connectivity index (χ1n) is 10.5. The van der Waals surface area contributed by atoms with Crippen LogP contribution >= 0.6 is 11.3 Å². The average molecular weight is 413 g/mol. The predicted molar refractivity (Wildman–Crippen MR) is 115 cm³/mol. The molecule has 0 radical (unpaired) electrons. The molecule has 6 nitrogen and oxygen atoms in total. The molecule has 1 atom stereocenters. The van der Waals surface area contributed by atoms with Gasteiger partial charge in [0.15, 0.2) is 5.13 Å². The number of benzene rings is 1. The van der Waals surface area contributed by atoms with Crippen molar-refractivity contribution in [1.82, 2.24) is 15.2 Å². The fraction of sp³-hybridized carbons (Fsp3) is 0.500. The highest BCUT2D eigenvalue weighted by molar-refractivity contribution is 7.14. The summed E-state index contributed by atoms with van der Waals surface area (Å²) >= 11 is 1.44. The van der Waals surface area contributed by atoms with E-state index in [9.17, 15) is 9.59 Å². The van der Waals surface area contributed by atoms with Crippen LogP contribution < -0.4 is 10.2 Å². The SMILES string of the molecule is CCC(CNC(=O)Cc1csc(N2CCCC2=O)n1)N1CCc2ccccc2C1. The fourth-order valence-corrected chi connectivity index (χ4v) is 5.04. The van der Waals surface area contributed by atoms with Gasteiger partial charge in [-0.05, 0) is 30.4 Å². The van der Waals surface area contributed by atoms with E-state index in [-0.39, 0.29) is 18.2 Å². The summed E-state index contributed by atoms with van der Waals surface area (Å²) in [5.41, 5.74) is 3.58. The minimum absolute atomic E-state index is 0.00884. The highest BCUT2D eigenvalue weighted by Gasteiger charge is 2.25. The molecule has 1 fully saturated rings. The minimum Gasteiger partial charge on any atom is -0.354 e. The van der Waals surface area contributed by atoms with Crippen LogP contribution in [0.15, 0.2) is 29.6 Å². The molecular weight excluding hydrogens is 384 g/mol. The maximum absolute atomic E-state index is 12.5. The summed E-state index contributed by atoms with van der Waals surface area (Å²) in [6, 6.07) is 8.96. The van der Waals surface area contributed by atoms with E-state index in [0.717, 1.165) is 44.6 Å². The molecule has 154 valence electrons. The number of rotatable bonds is 7. The molecule has 1 unspecified atom stereocenters. The molecule has 0 spiro atoms. The number of anilines is 1. The van der Waals surface area contributed by atoms with Gasteiger partial charge in [0.05, 0.1) is 12.1 Å². The molecule has 1 aromatic heterocycles. The maximum Gasteiger partial charge on any atom is 0.228 e. The van der Waals surface area contributed by atoms with Crippen LogP contribution in [0.4, 0.5) is 5.13 Å². The largest absolute Gasteiger partial charge is 0.354 e. The monoisotopic (exact) mass is 412 g/mol. The van der Waals surface area contributed by atoms with E-state index in [1.807, 2.05) is 5.38 Å². The Morgan fingerprint density at radius 2 is 2.07 bits per heavy atom. The fourth-order valence-electron chi connectivity index (χ4n) is 4.17. The normalized spacial score (nSPS) is 18.0. The van der Waals surface area contributed by atoms with Crippen molar-refractivity contribution in [2.75, 3.05) is 24.5 Å². The van der Waals surface area contributed by atoms with Gasteiger partial charge in [0.1, 0.15) is 0 Å². The molecule has 1 saturated heterocycles. The molecule has 1 aromatic carbocycles. The number of aromatic nitrogens is 1. The van der Waals surface area contributed by atoms with Gasteiger partial charge in [-0.1, -0.05) is 31.2 Å². The third kappa shape index (κ3) is 4.67. The van der Waals surface area contributed by atoms with Crippen LogP contribution in [0, 0.1) is 0 Å². The third-order valence-corrected chi connectivity index (χ3v) is 6.78. The van der Waals surface area contributed by atoms with Crippen molar-refractivity contribution < 1.29 is 9.59 Å². The van der Waals surface area contributed by atoms with E-state index >= 15 is 0 Å². The van der Waals surface area contributed by atoms with Gasteiger partial charge in [0, 0.05) is 44.0 Å². The van der Waals surface area contributed by atoms with Crippen molar-refractivity contribution in [3.8, 4) is 0 Å². The predicted octanol–water partition coefficient (Wildman–Crippen LogP) is 2.77. The van der Waals surface area contributed by atoms with Gasteiger partial charge in [0.25, 0.3) is 0 Å². The first-order chi connectivity index (χ1) is 14.1. The van der Waals surface area contributed by atoms with Crippen molar-refractivity contribution in [2.45, 2.75) is 51.6 Å². The highest BCUT2D eigenvalue weighted by atomic mass is 32.1. The quantitative estimate of drug-likeness (QED) is 0.760. The number of carbonyl (C=O) groups is 2. The first kappa shape index (κ1) is 20.0. The van der Waals surface area contributed by atoms with E-state index in [4.69, 9.17) is 0 Å². The van der Waals surface area contributed by atoms with Crippen LogP contribution in [0.3, 0.4) is 0 Å². The number of hydrogen-bond donors (Lipinski definition) is 1. The molecular formula is C22H28N4O2S. The molecule has 0 saturated carbocycles. The van der Waals surface area contributed by atoms with Gasteiger partial charge in [0.2, 0.25) is 11.8 Å². The maximum atomic E-state index is 12.5. The smallest absolute Gasteiger partial charge is 0.228 e. The summed E-state index contributed by atoms with van der Waals surface area (Å²) in [6.45, 7) is 5.54. The van der Waals surface area contributed by atoms with E-state index in [0.29, 0.717) is 24.1 Å².